The number of hydrogen-bond acceptors (Lipinski definition) is 0. The fourth-order valence-electron chi connectivity index (χ4n) is 2.92. The second-order valence-corrected chi connectivity index (χ2v) is 6.80. The molecule has 0 radical (unpaired) electrons. The molecular weight excluding hydrogens is 510 g/mol. The molecule has 0 amide bonds. The third kappa shape index (κ3) is 8.35. The largest absolute Gasteiger partial charge is 4.00 e. The maximum atomic E-state index is 11.9. The van der Waals surface area contributed by atoms with E-state index in [-0.39, 0.29) is 40.2 Å². The van der Waals surface area contributed by atoms with E-state index in [0.717, 1.165) is 0 Å². The Morgan fingerprint density at radius 3 is 1.41 bits per heavy atom. The van der Waals surface area contributed by atoms with Gasteiger partial charge in [-0.2, -0.15) is 85.6 Å². The molecule has 0 unspecified atom stereocenters. The van der Waals surface area contributed by atoms with E-state index >= 15 is 0 Å². The first-order valence-corrected chi connectivity index (χ1v) is 9.51. The van der Waals surface area contributed by atoms with Crippen LogP contribution in [0.1, 0.15) is 11.1 Å². The summed E-state index contributed by atoms with van der Waals surface area (Å²) in [6, 6.07) is 31.9. The second-order valence-electron chi connectivity index (χ2n) is 6.80. The quantitative estimate of drug-likeness (QED) is 0.139. The molecule has 8 heteroatoms. The Bertz CT molecular complexity index is 1090. The van der Waals surface area contributed by atoms with Crippen LogP contribution in [-0.2, 0) is 34.1 Å². The number of benzene rings is 3. The van der Waals surface area contributed by atoms with Crippen LogP contribution in [0.5, 0.6) is 0 Å². The average molecular weight is 527 g/mol. The van der Waals surface area contributed by atoms with Gasteiger partial charge in [0.25, 0.3) is 0 Å². The first-order chi connectivity index (χ1) is 15.1. The molecule has 174 valence electrons. The van der Waals surface area contributed by atoms with Crippen molar-refractivity contribution in [1.29, 1.82) is 0 Å². The van der Waals surface area contributed by atoms with E-state index in [1.807, 2.05) is 0 Å². The fraction of sp³-hybridized carbons (Fsp3) is 0.0769. The number of rotatable bonds is 0. The van der Waals surface area contributed by atoms with Gasteiger partial charge in [-0.05, 0) is 0 Å². The third-order valence-electron chi connectivity index (χ3n) is 4.54. The van der Waals surface area contributed by atoms with Crippen molar-refractivity contribution in [2.45, 2.75) is 12.4 Å². The zero-order valence-electron chi connectivity index (χ0n) is 17.5. The Morgan fingerprint density at radius 1 is 0.588 bits per heavy atom. The van der Waals surface area contributed by atoms with Crippen molar-refractivity contribution in [3.05, 3.63) is 120 Å². The zero-order valence-corrected chi connectivity index (χ0v) is 19.8. The molecule has 0 spiro atoms. The average Bonchev–Trinajstić information content (AvgIpc) is 3.43. The summed E-state index contributed by atoms with van der Waals surface area (Å²) < 4.78 is 71.5. The van der Waals surface area contributed by atoms with Crippen LogP contribution in [0.2, 0.25) is 0 Å². The molecule has 0 aromatic heterocycles. The van der Waals surface area contributed by atoms with Crippen molar-refractivity contribution in [2.24, 2.45) is 0 Å². The first-order valence-electron chi connectivity index (χ1n) is 9.51. The van der Waals surface area contributed by atoms with Gasteiger partial charge in [-0.1, -0.05) is 23.3 Å². The second kappa shape index (κ2) is 12.8. The predicted molar refractivity (Wildman–Crippen MR) is 114 cm³/mol. The number of alkyl halides is 6. The molecule has 5 aromatic carbocycles. The standard InChI is InChI=1S/2C9H7.C8H3F6.ClH.Ti/c2*1-2-5-9-7-3-6-8(9)4-1;9-7(10,11)5-1-2-6(4-3-5)8(12,13)14;;/h2*1-7H;1-3H;1H;/q3*-1;;+4/p-1. The fourth-order valence-corrected chi connectivity index (χ4v) is 2.92. The number of hydrogen-bond donors (Lipinski definition) is 0. The molecule has 0 N–H and O–H groups in total. The minimum Gasteiger partial charge on any atom is -1.00 e. The van der Waals surface area contributed by atoms with Gasteiger partial charge in [-0.3, -0.25) is 0 Å². The molecule has 0 nitrogen and oxygen atoms in total. The van der Waals surface area contributed by atoms with Gasteiger partial charge in [-0.15, -0.1) is 59.3 Å². The molecule has 0 aliphatic rings. The SMILES string of the molecule is FC(F)(F)c1[c-]cc(C(F)(F)F)cc1.[Cl-].[Ti+4].c1ccc2[cH-]ccc2c1.c1ccc2[cH-]ccc2c1. The Morgan fingerprint density at radius 2 is 1.06 bits per heavy atom. The summed E-state index contributed by atoms with van der Waals surface area (Å²) in [4.78, 5) is 0. The van der Waals surface area contributed by atoms with Crippen molar-refractivity contribution in [3.8, 4) is 0 Å². The van der Waals surface area contributed by atoms with E-state index < -0.39 is 23.5 Å². The van der Waals surface area contributed by atoms with E-state index in [9.17, 15) is 26.3 Å². The minimum atomic E-state index is -4.66. The van der Waals surface area contributed by atoms with Crippen LogP contribution in [0.4, 0.5) is 26.3 Å². The summed E-state index contributed by atoms with van der Waals surface area (Å²) in [5, 5.41) is 5.32. The Hall–Kier alpha value is -2.54. The molecule has 0 aliphatic heterocycles. The zero-order chi connectivity index (χ0) is 23.2. The van der Waals surface area contributed by atoms with Gasteiger partial charge in [0.2, 0.25) is 0 Å². The number of halogens is 7. The first kappa shape index (κ1) is 29.5. The molecule has 0 fully saturated rings. The van der Waals surface area contributed by atoms with E-state index in [0.29, 0.717) is 12.1 Å². The van der Waals surface area contributed by atoms with Crippen molar-refractivity contribution in [3.63, 3.8) is 0 Å². The minimum absolute atomic E-state index is 0. The van der Waals surface area contributed by atoms with Crippen molar-refractivity contribution >= 4 is 21.5 Å². The predicted octanol–water partition coefficient (Wildman–Crippen LogP) is 5.64. The van der Waals surface area contributed by atoms with Gasteiger partial charge in [0, 0.05) is 0 Å². The molecule has 5 rings (SSSR count). The van der Waals surface area contributed by atoms with Crippen LogP contribution in [0.3, 0.4) is 0 Å². The summed E-state index contributed by atoms with van der Waals surface area (Å²) >= 11 is 0. The van der Waals surface area contributed by atoms with E-state index in [2.05, 4.69) is 84.9 Å². The summed E-state index contributed by atoms with van der Waals surface area (Å²) in [6.45, 7) is 0. The molecule has 0 atom stereocenters. The van der Waals surface area contributed by atoms with Gasteiger partial charge < -0.3 is 12.4 Å². The molecular formula is C26H17ClF6Ti. The topological polar surface area (TPSA) is 0 Å². The van der Waals surface area contributed by atoms with Gasteiger partial charge in [0.1, 0.15) is 0 Å². The van der Waals surface area contributed by atoms with E-state index in [1.165, 1.54) is 27.6 Å². The Balaban J connectivity index is 0.000000255. The van der Waals surface area contributed by atoms with Gasteiger partial charge >= 0.3 is 34.1 Å². The van der Waals surface area contributed by atoms with E-state index in [4.69, 9.17) is 0 Å². The van der Waals surface area contributed by atoms with Crippen LogP contribution in [0.25, 0.3) is 21.5 Å². The van der Waals surface area contributed by atoms with Gasteiger partial charge in [0.05, 0.1) is 0 Å². The van der Waals surface area contributed by atoms with Crippen molar-refractivity contribution in [2.75, 3.05) is 0 Å². The summed E-state index contributed by atoms with van der Waals surface area (Å²) in [7, 11) is 0. The maximum Gasteiger partial charge on any atom is 4.00 e. The maximum absolute atomic E-state index is 11.9. The number of fused-ring (bicyclic) bond motifs is 2. The van der Waals surface area contributed by atoms with Gasteiger partial charge in [-0.25, -0.2) is 0 Å². The van der Waals surface area contributed by atoms with Crippen LogP contribution in [0.15, 0.2) is 103 Å². The normalized spacial score (nSPS) is 10.8. The Kier molecular flexibility index (Phi) is 11.1. The summed E-state index contributed by atoms with van der Waals surface area (Å²) in [5.74, 6) is 0. The Labute approximate surface area is 214 Å². The summed E-state index contributed by atoms with van der Waals surface area (Å²) in [6.07, 6.45) is -9.30. The van der Waals surface area contributed by atoms with Crippen molar-refractivity contribution < 1.29 is 60.5 Å². The molecule has 0 aliphatic carbocycles. The van der Waals surface area contributed by atoms with Gasteiger partial charge in [0.15, 0.2) is 0 Å². The molecule has 0 saturated carbocycles. The third-order valence-corrected chi connectivity index (χ3v) is 4.54. The molecule has 0 heterocycles. The summed E-state index contributed by atoms with van der Waals surface area (Å²) in [5.41, 5.74) is -2.36. The smallest absolute Gasteiger partial charge is 1.00 e. The van der Waals surface area contributed by atoms with Crippen LogP contribution < -0.4 is 12.4 Å². The van der Waals surface area contributed by atoms with Crippen LogP contribution >= 0.6 is 0 Å². The molecule has 0 saturated heterocycles. The molecule has 5 aromatic rings. The van der Waals surface area contributed by atoms with Crippen LogP contribution in [0, 0.1) is 6.07 Å². The van der Waals surface area contributed by atoms with E-state index in [1.54, 1.807) is 0 Å². The van der Waals surface area contributed by atoms with Crippen LogP contribution in [-0.4, -0.2) is 0 Å². The molecule has 34 heavy (non-hydrogen) atoms. The molecule has 0 bridgehead atoms. The monoisotopic (exact) mass is 526 g/mol. The van der Waals surface area contributed by atoms with Crippen molar-refractivity contribution in [1.82, 2.24) is 0 Å².